The third-order valence-corrected chi connectivity index (χ3v) is 4.66. The first-order valence-electron chi connectivity index (χ1n) is 7.41. The summed E-state index contributed by atoms with van der Waals surface area (Å²) < 4.78 is 14.4. The van der Waals surface area contributed by atoms with Gasteiger partial charge in [0.05, 0.1) is 5.56 Å². The van der Waals surface area contributed by atoms with E-state index in [2.05, 4.69) is 5.32 Å². The molecule has 1 heterocycles. The lowest BCUT2D eigenvalue weighted by Crippen LogP contribution is -2.22. The van der Waals surface area contributed by atoms with E-state index in [4.69, 9.17) is 5.73 Å². The Hall–Kier alpha value is -2.24. The Balaban J connectivity index is 1.71. The number of nitrogens with one attached hydrogen (secondary N) is 1. The summed E-state index contributed by atoms with van der Waals surface area (Å²) in [4.78, 5) is 12.4. The molecular formula is C18H17FN2OS. The van der Waals surface area contributed by atoms with Gasteiger partial charge < -0.3 is 11.1 Å². The second-order valence-electron chi connectivity index (χ2n) is 5.30. The summed E-state index contributed by atoms with van der Waals surface area (Å²) in [6.07, 6.45) is 0.846. The van der Waals surface area contributed by atoms with Gasteiger partial charge in [-0.25, -0.2) is 4.39 Å². The van der Waals surface area contributed by atoms with Crippen LogP contribution in [-0.2, 0) is 13.0 Å². The summed E-state index contributed by atoms with van der Waals surface area (Å²) in [6, 6.07) is 12.6. The molecule has 0 unspecified atom stereocenters. The lowest BCUT2D eigenvalue weighted by molar-refractivity contribution is 0.0952. The minimum Gasteiger partial charge on any atom is -0.348 e. The number of amides is 1. The normalized spacial score (nSPS) is 10.9. The van der Waals surface area contributed by atoms with E-state index >= 15 is 0 Å². The molecule has 0 aliphatic rings. The first-order chi connectivity index (χ1) is 11.2. The molecule has 0 fully saturated rings. The maximum absolute atomic E-state index is 13.7. The van der Waals surface area contributed by atoms with Crippen molar-refractivity contribution in [3.63, 3.8) is 0 Å². The zero-order valence-corrected chi connectivity index (χ0v) is 13.3. The zero-order valence-electron chi connectivity index (χ0n) is 12.5. The Morgan fingerprint density at radius 3 is 2.57 bits per heavy atom. The van der Waals surface area contributed by atoms with Crippen LogP contribution in [0.5, 0.6) is 0 Å². The topological polar surface area (TPSA) is 55.1 Å². The summed E-state index contributed by atoms with van der Waals surface area (Å²) in [7, 11) is 0. The van der Waals surface area contributed by atoms with Gasteiger partial charge in [0.15, 0.2) is 0 Å². The molecule has 0 saturated carbocycles. The van der Waals surface area contributed by atoms with Crippen LogP contribution in [0.4, 0.5) is 4.39 Å². The van der Waals surface area contributed by atoms with Gasteiger partial charge in [0, 0.05) is 16.6 Å². The predicted octanol–water partition coefficient (Wildman–Crippen LogP) is 3.47. The van der Waals surface area contributed by atoms with Crippen molar-refractivity contribution in [3.05, 3.63) is 70.4 Å². The zero-order chi connectivity index (χ0) is 16.2. The number of nitrogens with two attached hydrogens (primary N) is 1. The van der Waals surface area contributed by atoms with E-state index in [1.165, 1.54) is 29.0 Å². The number of rotatable bonds is 5. The van der Waals surface area contributed by atoms with Gasteiger partial charge >= 0.3 is 0 Å². The fraction of sp³-hybridized carbons (Fsp3) is 0.167. The van der Waals surface area contributed by atoms with Crippen LogP contribution in [0.1, 0.15) is 21.5 Å². The van der Waals surface area contributed by atoms with Gasteiger partial charge in [-0.1, -0.05) is 24.3 Å². The molecule has 3 N–H and O–H groups in total. The standard InChI is InChI=1S/C18H17FN2OS/c19-16-6-5-15(17-14(16)8-10-23-17)18(22)21-11-13-3-1-12(2-4-13)7-9-20/h1-6,8,10H,7,9,11,20H2,(H,21,22). The van der Waals surface area contributed by atoms with Crippen LogP contribution in [0.3, 0.4) is 0 Å². The number of thiophene rings is 1. The highest BCUT2D eigenvalue weighted by Crippen LogP contribution is 2.27. The molecule has 1 amide bonds. The number of carbonyl (C=O) groups is 1. The molecule has 3 nitrogen and oxygen atoms in total. The number of fused-ring (bicyclic) bond motifs is 1. The van der Waals surface area contributed by atoms with Crippen LogP contribution in [0.15, 0.2) is 47.8 Å². The molecule has 0 bridgehead atoms. The van der Waals surface area contributed by atoms with Crippen molar-refractivity contribution >= 4 is 27.3 Å². The Morgan fingerprint density at radius 1 is 1.09 bits per heavy atom. The molecule has 3 rings (SSSR count). The van der Waals surface area contributed by atoms with E-state index in [0.29, 0.717) is 28.7 Å². The molecule has 0 aliphatic heterocycles. The van der Waals surface area contributed by atoms with Gasteiger partial charge in [0.2, 0.25) is 0 Å². The van der Waals surface area contributed by atoms with Gasteiger partial charge in [0.1, 0.15) is 5.82 Å². The highest BCUT2D eigenvalue weighted by Gasteiger charge is 2.13. The third-order valence-electron chi connectivity index (χ3n) is 3.72. The van der Waals surface area contributed by atoms with E-state index in [1.807, 2.05) is 24.3 Å². The van der Waals surface area contributed by atoms with E-state index in [9.17, 15) is 9.18 Å². The number of hydrogen-bond donors (Lipinski definition) is 2. The van der Waals surface area contributed by atoms with Gasteiger partial charge in [0.25, 0.3) is 5.91 Å². The Kier molecular flexibility index (Phi) is 4.69. The fourth-order valence-electron chi connectivity index (χ4n) is 2.47. The van der Waals surface area contributed by atoms with Crippen LogP contribution < -0.4 is 11.1 Å². The average Bonchev–Trinajstić information content (AvgIpc) is 3.05. The summed E-state index contributed by atoms with van der Waals surface area (Å²) in [5, 5.41) is 5.18. The number of hydrogen-bond acceptors (Lipinski definition) is 3. The SMILES string of the molecule is NCCc1ccc(CNC(=O)c2ccc(F)c3ccsc23)cc1. The maximum Gasteiger partial charge on any atom is 0.253 e. The first kappa shape index (κ1) is 15.6. The highest BCUT2D eigenvalue weighted by atomic mass is 32.1. The van der Waals surface area contributed by atoms with Gasteiger partial charge in [-0.3, -0.25) is 4.79 Å². The van der Waals surface area contributed by atoms with Crippen molar-refractivity contribution in [3.8, 4) is 0 Å². The van der Waals surface area contributed by atoms with Crippen molar-refractivity contribution < 1.29 is 9.18 Å². The molecule has 0 radical (unpaired) electrons. The summed E-state index contributed by atoms with van der Waals surface area (Å²) >= 11 is 1.37. The predicted molar refractivity (Wildman–Crippen MR) is 92.2 cm³/mol. The molecule has 118 valence electrons. The molecular weight excluding hydrogens is 311 g/mol. The maximum atomic E-state index is 13.7. The van der Waals surface area contributed by atoms with Crippen LogP contribution in [-0.4, -0.2) is 12.5 Å². The Morgan fingerprint density at radius 2 is 1.83 bits per heavy atom. The second kappa shape index (κ2) is 6.89. The van der Waals surface area contributed by atoms with Crippen molar-refractivity contribution in [2.45, 2.75) is 13.0 Å². The summed E-state index contributed by atoms with van der Waals surface area (Å²) in [5.41, 5.74) is 8.24. The number of carbonyl (C=O) groups excluding carboxylic acids is 1. The van der Waals surface area contributed by atoms with E-state index in [0.717, 1.165) is 12.0 Å². The lowest BCUT2D eigenvalue weighted by atomic mass is 10.1. The van der Waals surface area contributed by atoms with Crippen molar-refractivity contribution in [1.82, 2.24) is 5.32 Å². The molecule has 0 aliphatic carbocycles. The highest BCUT2D eigenvalue weighted by molar-refractivity contribution is 7.17. The van der Waals surface area contributed by atoms with Crippen molar-refractivity contribution in [1.29, 1.82) is 0 Å². The van der Waals surface area contributed by atoms with E-state index in [1.54, 1.807) is 11.4 Å². The summed E-state index contributed by atoms with van der Waals surface area (Å²) in [5.74, 6) is -0.489. The Bertz CT molecular complexity index is 827. The molecule has 0 atom stereocenters. The van der Waals surface area contributed by atoms with Gasteiger partial charge in [-0.15, -0.1) is 11.3 Å². The number of halogens is 1. The van der Waals surface area contributed by atoms with Crippen molar-refractivity contribution in [2.24, 2.45) is 5.73 Å². The monoisotopic (exact) mass is 328 g/mol. The van der Waals surface area contributed by atoms with Crippen LogP contribution in [0.25, 0.3) is 10.1 Å². The molecule has 5 heteroatoms. The molecule has 2 aromatic carbocycles. The Labute approximate surface area is 137 Å². The average molecular weight is 328 g/mol. The van der Waals surface area contributed by atoms with Gasteiger partial charge in [-0.05, 0) is 47.7 Å². The molecule has 1 aromatic heterocycles. The second-order valence-corrected chi connectivity index (χ2v) is 6.21. The van der Waals surface area contributed by atoms with E-state index < -0.39 is 0 Å². The minimum atomic E-state index is -0.298. The largest absolute Gasteiger partial charge is 0.348 e. The third kappa shape index (κ3) is 3.41. The smallest absolute Gasteiger partial charge is 0.253 e. The number of benzene rings is 2. The molecule has 3 aromatic rings. The first-order valence-corrected chi connectivity index (χ1v) is 8.29. The van der Waals surface area contributed by atoms with Crippen LogP contribution >= 0.6 is 11.3 Å². The quantitative estimate of drug-likeness (QED) is 0.753. The van der Waals surface area contributed by atoms with Crippen LogP contribution in [0.2, 0.25) is 0 Å². The van der Waals surface area contributed by atoms with Gasteiger partial charge in [-0.2, -0.15) is 0 Å². The van der Waals surface area contributed by atoms with Crippen LogP contribution in [0, 0.1) is 5.82 Å². The molecule has 0 saturated heterocycles. The molecule has 23 heavy (non-hydrogen) atoms. The van der Waals surface area contributed by atoms with Crippen molar-refractivity contribution in [2.75, 3.05) is 6.54 Å². The lowest BCUT2D eigenvalue weighted by Gasteiger charge is -2.07. The molecule has 0 spiro atoms. The summed E-state index contributed by atoms with van der Waals surface area (Å²) in [6.45, 7) is 1.06. The minimum absolute atomic E-state index is 0.191. The fourth-order valence-corrected chi connectivity index (χ4v) is 3.40. The van der Waals surface area contributed by atoms with E-state index in [-0.39, 0.29) is 11.7 Å².